The topological polar surface area (TPSA) is 46.9 Å². The number of hydrogen-bond donors (Lipinski definition) is 1. The zero-order chi connectivity index (χ0) is 17.1. The Morgan fingerprint density at radius 1 is 1.33 bits per heavy atom. The maximum atomic E-state index is 12.7. The van der Waals surface area contributed by atoms with Crippen LogP contribution in [0.2, 0.25) is 0 Å². The number of benzene rings is 1. The van der Waals surface area contributed by atoms with Gasteiger partial charge in [0.05, 0.1) is 5.69 Å². The van der Waals surface area contributed by atoms with Gasteiger partial charge >= 0.3 is 0 Å². The summed E-state index contributed by atoms with van der Waals surface area (Å²) in [6, 6.07) is 10.3. The Labute approximate surface area is 148 Å². The van der Waals surface area contributed by atoms with Crippen molar-refractivity contribution in [1.82, 2.24) is 9.55 Å². The van der Waals surface area contributed by atoms with Crippen molar-refractivity contribution in [3.05, 3.63) is 36.5 Å². The van der Waals surface area contributed by atoms with E-state index >= 15 is 0 Å². The lowest BCUT2D eigenvalue weighted by Crippen LogP contribution is -2.29. The first-order chi connectivity index (χ1) is 11.5. The van der Waals surface area contributed by atoms with Crippen LogP contribution in [0, 0.1) is 5.92 Å². The van der Waals surface area contributed by atoms with Gasteiger partial charge in [0.15, 0.2) is 0 Å². The van der Waals surface area contributed by atoms with Gasteiger partial charge in [-0.25, -0.2) is 4.98 Å². The summed E-state index contributed by atoms with van der Waals surface area (Å²) in [7, 11) is 0. The van der Waals surface area contributed by atoms with Gasteiger partial charge in [-0.2, -0.15) is 11.8 Å². The molecule has 2 unspecified atom stereocenters. The van der Waals surface area contributed by atoms with E-state index in [1.807, 2.05) is 52.9 Å². The molecule has 128 valence electrons. The highest BCUT2D eigenvalue weighted by atomic mass is 32.2. The summed E-state index contributed by atoms with van der Waals surface area (Å²) in [6.07, 6.45) is 3.92. The second kappa shape index (κ2) is 7.43. The fraction of sp³-hybridized carbons (Fsp3) is 0.474. The molecule has 1 aliphatic heterocycles. The SMILES string of the molecule is CC1CC(C(=O)Nc2nc(-c3ccccc3)cn2C(C)C)CCS1. The fourth-order valence-corrected chi connectivity index (χ4v) is 4.27. The average Bonchev–Trinajstić information content (AvgIpc) is 3.00. The van der Waals surface area contributed by atoms with Crippen LogP contribution >= 0.6 is 11.8 Å². The van der Waals surface area contributed by atoms with Crippen LogP contribution in [0.4, 0.5) is 5.95 Å². The van der Waals surface area contributed by atoms with Crippen LogP contribution in [-0.4, -0.2) is 26.5 Å². The van der Waals surface area contributed by atoms with Crippen LogP contribution in [0.15, 0.2) is 36.5 Å². The Balaban J connectivity index is 1.81. The summed E-state index contributed by atoms with van der Waals surface area (Å²) in [6.45, 7) is 6.41. The molecule has 1 aromatic carbocycles. The van der Waals surface area contributed by atoms with Crippen molar-refractivity contribution >= 4 is 23.6 Å². The van der Waals surface area contributed by atoms with E-state index in [1.54, 1.807) is 0 Å². The van der Waals surface area contributed by atoms with E-state index in [4.69, 9.17) is 0 Å². The van der Waals surface area contributed by atoms with Crippen molar-refractivity contribution in [3.8, 4) is 11.3 Å². The maximum absolute atomic E-state index is 12.7. The second-order valence-corrected chi connectivity index (χ2v) is 8.26. The van der Waals surface area contributed by atoms with Crippen molar-refractivity contribution in [2.24, 2.45) is 5.92 Å². The first-order valence-corrected chi connectivity index (χ1v) is 9.66. The van der Waals surface area contributed by atoms with E-state index in [1.165, 1.54) is 0 Å². The van der Waals surface area contributed by atoms with Gasteiger partial charge in [-0.15, -0.1) is 0 Å². The van der Waals surface area contributed by atoms with Gasteiger partial charge in [0.1, 0.15) is 0 Å². The summed E-state index contributed by atoms with van der Waals surface area (Å²) in [5.74, 6) is 1.92. The predicted octanol–water partition coefficient (Wildman–Crippen LogP) is 4.60. The highest BCUT2D eigenvalue weighted by molar-refractivity contribution is 7.99. The lowest BCUT2D eigenvalue weighted by atomic mass is 9.99. The average molecular weight is 343 g/mol. The number of carbonyl (C=O) groups is 1. The molecular weight excluding hydrogens is 318 g/mol. The number of aromatic nitrogens is 2. The van der Waals surface area contributed by atoms with E-state index in [2.05, 4.69) is 31.1 Å². The number of carbonyl (C=O) groups excluding carboxylic acids is 1. The van der Waals surface area contributed by atoms with Gasteiger partial charge in [0, 0.05) is 29.0 Å². The molecule has 0 aliphatic carbocycles. The van der Waals surface area contributed by atoms with Gasteiger partial charge in [0.25, 0.3) is 0 Å². The first-order valence-electron chi connectivity index (χ1n) is 8.61. The van der Waals surface area contributed by atoms with Gasteiger partial charge in [0.2, 0.25) is 11.9 Å². The minimum Gasteiger partial charge on any atom is -0.314 e. The zero-order valence-corrected chi connectivity index (χ0v) is 15.3. The van der Waals surface area contributed by atoms with Crippen LogP contribution < -0.4 is 5.32 Å². The zero-order valence-electron chi connectivity index (χ0n) is 14.5. The minimum absolute atomic E-state index is 0.0961. The van der Waals surface area contributed by atoms with Crippen LogP contribution in [0.1, 0.15) is 39.7 Å². The van der Waals surface area contributed by atoms with Gasteiger partial charge in [-0.05, 0) is 32.4 Å². The van der Waals surface area contributed by atoms with E-state index in [0.29, 0.717) is 11.2 Å². The number of imidazole rings is 1. The molecule has 0 saturated carbocycles. The van der Waals surface area contributed by atoms with Crippen molar-refractivity contribution in [2.75, 3.05) is 11.1 Å². The minimum atomic E-state index is 0.0961. The molecule has 1 aromatic heterocycles. The molecule has 2 heterocycles. The number of hydrogen-bond acceptors (Lipinski definition) is 3. The van der Waals surface area contributed by atoms with Crippen molar-refractivity contribution in [2.45, 2.75) is 44.9 Å². The summed E-state index contributed by atoms with van der Waals surface area (Å²) in [5.41, 5.74) is 1.96. The number of nitrogens with one attached hydrogen (secondary N) is 1. The van der Waals surface area contributed by atoms with Crippen molar-refractivity contribution in [3.63, 3.8) is 0 Å². The molecule has 1 aliphatic rings. The molecule has 0 radical (unpaired) electrons. The third-order valence-electron chi connectivity index (χ3n) is 4.45. The maximum Gasteiger partial charge on any atom is 0.229 e. The predicted molar refractivity (Wildman–Crippen MR) is 101 cm³/mol. The van der Waals surface area contributed by atoms with Gasteiger partial charge in [-0.3, -0.25) is 10.1 Å². The third-order valence-corrected chi connectivity index (χ3v) is 5.68. The molecule has 3 rings (SSSR count). The summed E-state index contributed by atoms with van der Waals surface area (Å²) in [4.78, 5) is 17.3. The van der Waals surface area contributed by atoms with Gasteiger partial charge < -0.3 is 4.57 Å². The first kappa shape index (κ1) is 17.1. The largest absolute Gasteiger partial charge is 0.314 e. The van der Waals surface area contributed by atoms with E-state index in [0.717, 1.165) is 29.9 Å². The number of nitrogens with zero attached hydrogens (tertiary/aromatic N) is 2. The van der Waals surface area contributed by atoms with Crippen LogP contribution in [0.25, 0.3) is 11.3 Å². The Hall–Kier alpha value is -1.75. The molecule has 0 spiro atoms. The third kappa shape index (κ3) is 3.83. The smallest absolute Gasteiger partial charge is 0.229 e. The Morgan fingerprint density at radius 3 is 2.75 bits per heavy atom. The second-order valence-electron chi connectivity index (χ2n) is 6.71. The highest BCUT2D eigenvalue weighted by Crippen LogP contribution is 2.30. The molecule has 0 bridgehead atoms. The highest BCUT2D eigenvalue weighted by Gasteiger charge is 2.26. The molecule has 4 nitrogen and oxygen atoms in total. The lowest BCUT2D eigenvalue weighted by molar-refractivity contribution is -0.120. The normalized spacial score (nSPS) is 21.0. The van der Waals surface area contributed by atoms with Gasteiger partial charge in [-0.1, -0.05) is 37.3 Å². The van der Waals surface area contributed by atoms with Crippen LogP contribution in [0.3, 0.4) is 0 Å². The number of anilines is 1. The fourth-order valence-electron chi connectivity index (χ4n) is 3.08. The number of rotatable bonds is 4. The Morgan fingerprint density at radius 2 is 2.08 bits per heavy atom. The Kier molecular flexibility index (Phi) is 5.29. The van der Waals surface area contributed by atoms with Crippen LogP contribution in [0.5, 0.6) is 0 Å². The molecule has 2 atom stereocenters. The lowest BCUT2D eigenvalue weighted by Gasteiger charge is -2.25. The Bertz CT molecular complexity index is 696. The molecule has 24 heavy (non-hydrogen) atoms. The van der Waals surface area contributed by atoms with Crippen LogP contribution in [-0.2, 0) is 4.79 Å². The molecular formula is C19H25N3OS. The summed E-state index contributed by atoms with van der Waals surface area (Å²) < 4.78 is 2.04. The van der Waals surface area contributed by atoms with Crippen molar-refractivity contribution < 1.29 is 4.79 Å². The van der Waals surface area contributed by atoms with E-state index in [-0.39, 0.29) is 17.9 Å². The molecule has 1 saturated heterocycles. The summed E-state index contributed by atoms with van der Waals surface area (Å²) >= 11 is 1.95. The summed E-state index contributed by atoms with van der Waals surface area (Å²) in [5, 5.41) is 3.63. The number of thioether (sulfide) groups is 1. The molecule has 1 fully saturated rings. The number of amides is 1. The van der Waals surface area contributed by atoms with E-state index < -0.39 is 0 Å². The molecule has 5 heteroatoms. The van der Waals surface area contributed by atoms with Crippen molar-refractivity contribution in [1.29, 1.82) is 0 Å². The van der Waals surface area contributed by atoms with E-state index in [9.17, 15) is 4.79 Å². The standard InChI is InChI=1S/C19H25N3OS/c1-13(2)22-12-17(15-7-5-4-6-8-15)20-19(22)21-18(23)16-9-10-24-14(3)11-16/h4-8,12-14,16H,9-11H2,1-3H3,(H,20,21,23). The monoisotopic (exact) mass is 343 g/mol. The quantitative estimate of drug-likeness (QED) is 0.882. The molecule has 2 aromatic rings. The molecule has 1 amide bonds. The molecule has 1 N–H and O–H groups in total.